The van der Waals surface area contributed by atoms with Crippen LogP contribution < -0.4 is 26.4 Å². The second-order valence-electron chi connectivity index (χ2n) is 6.79. The lowest BCUT2D eigenvalue weighted by atomic mass is 10.1. The van der Waals surface area contributed by atoms with Gasteiger partial charge in [0, 0.05) is 17.4 Å². The van der Waals surface area contributed by atoms with Gasteiger partial charge >= 0.3 is 12.2 Å². The molecule has 0 aliphatic heterocycles. The van der Waals surface area contributed by atoms with Crippen LogP contribution in [0.15, 0.2) is 54.9 Å². The summed E-state index contributed by atoms with van der Waals surface area (Å²) in [5, 5.41) is 7.61. The number of nitrogens with zero attached hydrogens (tertiary/aromatic N) is 2. The first-order valence-corrected chi connectivity index (χ1v) is 9.48. The number of primary amides is 1. The molecule has 1 heterocycles. The Morgan fingerprint density at radius 3 is 2.33 bits per heavy atom. The van der Waals surface area contributed by atoms with Gasteiger partial charge in [-0.1, -0.05) is 6.07 Å². The fraction of sp³-hybridized carbons (Fsp3) is 0.143. The number of anilines is 3. The Balaban J connectivity index is 1.59. The number of nitrogens with two attached hydrogens (primary N) is 1. The van der Waals surface area contributed by atoms with Gasteiger partial charge in [0.05, 0.1) is 12.1 Å². The first-order valence-electron chi connectivity index (χ1n) is 9.48. The van der Waals surface area contributed by atoms with E-state index in [2.05, 4.69) is 25.9 Å². The fourth-order valence-corrected chi connectivity index (χ4v) is 2.70. The minimum atomic E-state index is -4.52. The number of benzene rings is 2. The molecule has 3 rings (SSSR count). The molecule has 2 aromatic carbocycles. The third-order valence-electron chi connectivity index (χ3n) is 4.22. The van der Waals surface area contributed by atoms with Gasteiger partial charge in [-0.3, -0.25) is 4.79 Å². The van der Waals surface area contributed by atoms with Gasteiger partial charge in [0.1, 0.15) is 17.9 Å². The lowest BCUT2D eigenvalue weighted by Crippen LogP contribution is -2.22. The molecule has 0 atom stereocenters. The van der Waals surface area contributed by atoms with Gasteiger partial charge in [0.15, 0.2) is 0 Å². The highest BCUT2D eigenvalue weighted by atomic mass is 19.4. The van der Waals surface area contributed by atoms with Crippen molar-refractivity contribution in [3.05, 3.63) is 66.0 Å². The molecule has 0 saturated heterocycles. The summed E-state index contributed by atoms with van der Waals surface area (Å²) >= 11 is 0. The number of nitrogens with one attached hydrogen (secondary N) is 3. The number of ether oxygens (including phenoxy) is 1. The highest BCUT2D eigenvalue weighted by Crippen LogP contribution is 2.33. The highest BCUT2D eigenvalue weighted by Gasteiger charge is 2.32. The molecule has 0 aliphatic carbocycles. The third-order valence-corrected chi connectivity index (χ3v) is 4.22. The predicted molar refractivity (Wildman–Crippen MR) is 115 cm³/mol. The Labute approximate surface area is 186 Å². The Kier molecular flexibility index (Phi) is 6.96. The van der Waals surface area contributed by atoms with Gasteiger partial charge in [0.25, 0.3) is 0 Å². The SMILES string of the molecule is Cc1ccc(NC(=O)Nc2ccc(Oc3cc(NCC(N)=O)ncn3)cc2)cc1C(F)(F)F. The minimum Gasteiger partial charge on any atom is -0.439 e. The van der Waals surface area contributed by atoms with Crippen LogP contribution in [0.3, 0.4) is 0 Å². The monoisotopic (exact) mass is 460 g/mol. The number of alkyl halides is 3. The van der Waals surface area contributed by atoms with Crippen LogP contribution in [0.2, 0.25) is 0 Å². The van der Waals surface area contributed by atoms with E-state index >= 15 is 0 Å². The van der Waals surface area contributed by atoms with Gasteiger partial charge in [-0.2, -0.15) is 13.2 Å². The molecular weight excluding hydrogens is 441 g/mol. The average Bonchev–Trinajstić information content (AvgIpc) is 2.74. The zero-order valence-electron chi connectivity index (χ0n) is 17.2. The molecule has 5 N–H and O–H groups in total. The van der Waals surface area contributed by atoms with E-state index in [9.17, 15) is 22.8 Å². The summed E-state index contributed by atoms with van der Waals surface area (Å²) in [6.07, 6.45) is -3.27. The van der Waals surface area contributed by atoms with Crippen LogP contribution in [0.4, 0.5) is 35.2 Å². The van der Waals surface area contributed by atoms with Crippen LogP contribution in [0.5, 0.6) is 11.6 Å². The van der Waals surface area contributed by atoms with Crippen LogP contribution in [-0.4, -0.2) is 28.5 Å². The molecule has 0 spiro atoms. The van der Waals surface area contributed by atoms with Crippen LogP contribution >= 0.6 is 0 Å². The maximum atomic E-state index is 13.0. The van der Waals surface area contributed by atoms with E-state index in [1.165, 1.54) is 31.5 Å². The van der Waals surface area contributed by atoms with E-state index < -0.39 is 23.7 Å². The number of hydrogen-bond donors (Lipinski definition) is 4. The summed E-state index contributed by atoms with van der Waals surface area (Å²) in [5.74, 6) is 0.397. The van der Waals surface area contributed by atoms with E-state index in [-0.39, 0.29) is 23.7 Å². The van der Waals surface area contributed by atoms with Crippen molar-refractivity contribution in [3.8, 4) is 11.6 Å². The van der Waals surface area contributed by atoms with Crippen molar-refractivity contribution < 1.29 is 27.5 Å². The van der Waals surface area contributed by atoms with Crippen molar-refractivity contribution in [2.75, 3.05) is 22.5 Å². The molecule has 0 radical (unpaired) electrons. The molecule has 1 aromatic heterocycles. The van der Waals surface area contributed by atoms with E-state index in [1.54, 1.807) is 24.3 Å². The fourth-order valence-electron chi connectivity index (χ4n) is 2.70. The van der Waals surface area contributed by atoms with Crippen LogP contribution in [-0.2, 0) is 11.0 Å². The smallest absolute Gasteiger partial charge is 0.416 e. The quantitative estimate of drug-likeness (QED) is 0.419. The largest absolute Gasteiger partial charge is 0.439 e. The third kappa shape index (κ3) is 6.82. The Bertz CT molecular complexity index is 1150. The van der Waals surface area contributed by atoms with Crippen molar-refractivity contribution in [1.82, 2.24) is 9.97 Å². The maximum absolute atomic E-state index is 13.0. The van der Waals surface area contributed by atoms with Crippen molar-refractivity contribution in [2.24, 2.45) is 5.73 Å². The zero-order chi connectivity index (χ0) is 24.0. The lowest BCUT2D eigenvalue weighted by molar-refractivity contribution is -0.138. The van der Waals surface area contributed by atoms with Gasteiger partial charge in [0.2, 0.25) is 11.8 Å². The maximum Gasteiger partial charge on any atom is 0.416 e. The molecule has 9 nitrogen and oxygen atoms in total. The van der Waals surface area contributed by atoms with Crippen molar-refractivity contribution in [3.63, 3.8) is 0 Å². The number of urea groups is 1. The number of aromatic nitrogens is 2. The molecular formula is C21H19F3N6O3. The first kappa shape index (κ1) is 23.3. The van der Waals surface area contributed by atoms with E-state index in [1.807, 2.05) is 0 Å². The van der Waals surface area contributed by atoms with Gasteiger partial charge < -0.3 is 26.4 Å². The highest BCUT2D eigenvalue weighted by molar-refractivity contribution is 5.99. The molecule has 0 bridgehead atoms. The Hall–Kier alpha value is -4.35. The number of rotatable bonds is 7. The topological polar surface area (TPSA) is 131 Å². The van der Waals surface area contributed by atoms with Gasteiger partial charge in [-0.05, 0) is 48.9 Å². The molecule has 3 amide bonds. The van der Waals surface area contributed by atoms with E-state index in [0.29, 0.717) is 17.3 Å². The lowest BCUT2D eigenvalue weighted by Gasteiger charge is -2.13. The molecule has 0 unspecified atom stereocenters. The Morgan fingerprint density at radius 2 is 1.67 bits per heavy atom. The molecule has 172 valence electrons. The summed E-state index contributed by atoms with van der Waals surface area (Å²) in [6.45, 7) is 1.25. The number of carbonyl (C=O) groups is 2. The van der Waals surface area contributed by atoms with Gasteiger partial charge in [-0.25, -0.2) is 14.8 Å². The molecule has 12 heteroatoms. The number of aryl methyl sites for hydroxylation is 1. The summed E-state index contributed by atoms with van der Waals surface area (Å²) in [6, 6.07) is 10.5. The molecule has 3 aromatic rings. The van der Waals surface area contributed by atoms with Crippen molar-refractivity contribution in [1.29, 1.82) is 0 Å². The summed E-state index contributed by atoms with van der Waals surface area (Å²) in [5.41, 5.74) is 4.70. The number of hydrogen-bond acceptors (Lipinski definition) is 6. The normalized spacial score (nSPS) is 10.9. The average molecular weight is 460 g/mol. The molecule has 33 heavy (non-hydrogen) atoms. The van der Waals surface area contributed by atoms with E-state index in [0.717, 1.165) is 6.07 Å². The molecule has 0 fully saturated rings. The zero-order valence-corrected chi connectivity index (χ0v) is 17.2. The van der Waals surface area contributed by atoms with Crippen molar-refractivity contribution in [2.45, 2.75) is 13.1 Å². The minimum absolute atomic E-state index is 0.00916. The predicted octanol–water partition coefficient (Wildman–Crippen LogP) is 4.14. The number of carbonyl (C=O) groups excluding carboxylic acids is 2. The van der Waals surface area contributed by atoms with Crippen LogP contribution in [0.25, 0.3) is 0 Å². The number of halogens is 3. The Morgan fingerprint density at radius 1 is 1.00 bits per heavy atom. The van der Waals surface area contributed by atoms with E-state index in [4.69, 9.17) is 10.5 Å². The summed E-state index contributed by atoms with van der Waals surface area (Å²) in [4.78, 5) is 30.9. The standard InChI is InChI=1S/C21H19F3N6O3/c1-12-2-3-14(8-16(12)21(22,23)24)30-20(32)29-13-4-6-15(7-5-13)33-19-9-18(27-11-28-19)26-10-17(25)31/h2-9,11H,10H2,1H3,(H2,25,31)(H,26,27,28)(H2,29,30,32). The summed E-state index contributed by atoms with van der Waals surface area (Å²) in [7, 11) is 0. The van der Waals surface area contributed by atoms with Gasteiger partial charge in [-0.15, -0.1) is 0 Å². The van der Waals surface area contributed by atoms with Crippen LogP contribution in [0, 0.1) is 6.92 Å². The van der Waals surface area contributed by atoms with Crippen molar-refractivity contribution >= 4 is 29.1 Å². The second kappa shape index (κ2) is 9.85. The molecule has 0 aliphatic rings. The number of amides is 3. The van der Waals surface area contributed by atoms with Crippen LogP contribution in [0.1, 0.15) is 11.1 Å². The molecule has 0 saturated carbocycles. The first-order chi connectivity index (χ1) is 15.6. The second-order valence-corrected chi connectivity index (χ2v) is 6.79. The summed E-state index contributed by atoms with van der Waals surface area (Å²) < 4.78 is 44.7.